The van der Waals surface area contributed by atoms with Crippen molar-refractivity contribution in [3.05, 3.63) is 65.7 Å². The lowest BCUT2D eigenvalue weighted by atomic mass is 10.1. The summed E-state index contributed by atoms with van der Waals surface area (Å²) < 4.78 is 0. The van der Waals surface area contributed by atoms with Crippen molar-refractivity contribution in [2.45, 2.75) is 12.8 Å². The number of hydrogen-bond donors (Lipinski definition) is 0. The minimum absolute atomic E-state index is 0.852. The molecule has 2 aromatic rings. The van der Waals surface area contributed by atoms with E-state index >= 15 is 0 Å². The highest BCUT2D eigenvalue weighted by Gasteiger charge is 2.21. The summed E-state index contributed by atoms with van der Waals surface area (Å²) in [5.74, 6) is 0. The molecule has 0 bridgehead atoms. The van der Waals surface area contributed by atoms with Gasteiger partial charge in [0.05, 0.1) is 4.99 Å². The second-order valence-corrected chi connectivity index (χ2v) is 5.06. The third-order valence-corrected chi connectivity index (χ3v) is 3.75. The molecule has 3 rings (SSSR count). The third-order valence-electron chi connectivity index (χ3n) is 3.39. The Morgan fingerprint density at radius 1 is 1.00 bits per heavy atom. The first kappa shape index (κ1) is 11.4. The first-order chi connectivity index (χ1) is 8.84. The van der Waals surface area contributed by atoms with Crippen molar-refractivity contribution in [3.63, 3.8) is 0 Å². The fourth-order valence-corrected chi connectivity index (χ4v) is 2.82. The van der Waals surface area contributed by atoms with E-state index in [1.165, 1.54) is 16.8 Å². The summed E-state index contributed by atoms with van der Waals surface area (Å²) in [4.78, 5) is 3.30. The summed E-state index contributed by atoms with van der Waals surface area (Å²) >= 11 is 5.60. The highest BCUT2D eigenvalue weighted by atomic mass is 32.1. The van der Waals surface area contributed by atoms with E-state index in [-0.39, 0.29) is 0 Å². The summed E-state index contributed by atoms with van der Waals surface area (Å²) in [6.45, 7) is 1.02. The van der Waals surface area contributed by atoms with Gasteiger partial charge in [-0.05, 0) is 23.6 Å². The molecule has 0 atom stereocenters. The summed E-state index contributed by atoms with van der Waals surface area (Å²) in [5, 5.41) is 0. The van der Waals surface area contributed by atoms with E-state index in [0.717, 1.165) is 24.4 Å². The highest BCUT2D eigenvalue weighted by molar-refractivity contribution is 7.80. The molecule has 0 aromatic heterocycles. The van der Waals surface area contributed by atoms with Gasteiger partial charge in [0.25, 0.3) is 0 Å². The van der Waals surface area contributed by atoms with Crippen LogP contribution in [0.4, 0.5) is 5.69 Å². The van der Waals surface area contributed by atoms with Crippen LogP contribution in [0.5, 0.6) is 0 Å². The van der Waals surface area contributed by atoms with Gasteiger partial charge in [0.2, 0.25) is 0 Å². The van der Waals surface area contributed by atoms with Crippen LogP contribution in [0.1, 0.15) is 11.1 Å². The number of anilines is 1. The zero-order valence-corrected chi connectivity index (χ0v) is 11.0. The minimum atomic E-state index is 0.852. The Kier molecular flexibility index (Phi) is 3.11. The highest BCUT2D eigenvalue weighted by Crippen LogP contribution is 2.28. The molecule has 1 nitrogen and oxygen atoms in total. The summed E-state index contributed by atoms with van der Waals surface area (Å²) in [6.07, 6.45) is 1.95. The van der Waals surface area contributed by atoms with E-state index in [1.807, 2.05) is 6.07 Å². The van der Waals surface area contributed by atoms with Gasteiger partial charge in [0, 0.05) is 18.7 Å². The lowest BCUT2D eigenvalue weighted by Crippen LogP contribution is -2.28. The van der Waals surface area contributed by atoms with Crippen molar-refractivity contribution in [1.29, 1.82) is 0 Å². The average molecular weight is 253 g/mol. The predicted octanol–water partition coefficient (Wildman–Crippen LogP) is 3.62. The molecule has 0 aliphatic carbocycles. The quantitative estimate of drug-likeness (QED) is 0.752. The van der Waals surface area contributed by atoms with Gasteiger partial charge < -0.3 is 4.90 Å². The SMILES string of the molecule is S=C(Cc1ccccc1)N1CCc2ccccc21. The molecule has 0 saturated carbocycles. The Hall–Kier alpha value is -1.67. The van der Waals surface area contributed by atoms with E-state index in [0.29, 0.717) is 0 Å². The number of para-hydroxylation sites is 1. The Morgan fingerprint density at radius 2 is 1.72 bits per heavy atom. The lowest BCUT2D eigenvalue weighted by molar-refractivity contribution is 1.02. The van der Waals surface area contributed by atoms with Gasteiger partial charge in [0.1, 0.15) is 0 Å². The molecule has 0 unspecified atom stereocenters. The number of fused-ring (bicyclic) bond motifs is 1. The zero-order valence-electron chi connectivity index (χ0n) is 10.2. The molecule has 0 spiro atoms. The number of nitrogens with zero attached hydrogens (tertiary/aromatic N) is 1. The standard InChI is InChI=1S/C16H15NS/c18-16(12-13-6-2-1-3-7-13)17-11-10-14-8-4-5-9-15(14)17/h1-9H,10-12H2. The van der Waals surface area contributed by atoms with E-state index in [9.17, 15) is 0 Å². The van der Waals surface area contributed by atoms with Crippen LogP contribution in [0, 0.1) is 0 Å². The van der Waals surface area contributed by atoms with E-state index in [1.54, 1.807) is 0 Å². The van der Waals surface area contributed by atoms with E-state index < -0.39 is 0 Å². The maximum absolute atomic E-state index is 5.60. The zero-order chi connectivity index (χ0) is 12.4. The Bertz CT molecular complexity index is 562. The normalized spacial score (nSPS) is 13.4. The van der Waals surface area contributed by atoms with E-state index in [2.05, 4.69) is 53.4 Å². The third kappa shape index (κ3) is 2.16. The monoisotopic (exact) mass is 253 g/mol. The first-order valence-electron chi connectivity index (χ1n) is 6.27. The molecule has 1 aliphatic heterocycles. The first-order valence-corrected chi connectivity index (χ1v) is 6.67. The maximum atomic E-state index is 5.60. The van der Waals surface area contributed by atoms with Crippen LogP contribution in [-0.2, 0) is 12.8 Å². The molecule has 0 saturated heterocycles. The average Bonchev–Trinajstić information content (AvgIpc) is 2.84. The molecule has 2 aromatic carbocycles. The fraction of sp³-hybridized carbons (Fsp3) is 0.188. The predicted molar refractivity (Wildman–Crippen MR) is 80.2 cm³/mol. The molecule has 1 heterocycles. The smallest absolute Gasteiger partial charge is 0.0868 e. The number of benzene rings is 2. The molecular formula is C16H15NS. The number of thiocarbonyl (C=S) groups is 1. The summed E-state index contributed by atoms with van der Waals surface area (Å²) in [5.41, 5.74) is 3.98. The maximum Gasteiger partial charge on any atom is 0.0868 e. The van der Waals surface area contributed by atoms with Crippen molar-refractivity contribution in [2.75, 3.05) is 11.4 Å². The molecule has 1 aliphatic rings. The van der Waals surface area contributed by atoms with Crippen LogP contribution < -0.4 is 4.90 Å². The molecule has 18 heavy (non-hydrogen) atoms. The van der Waals surface area contributed by atoms with Crippen molar-refractivity contribution >= 4 is 22.9 Å². The Labute approximate surface area is 113 Å². The number of hydrogen-bond acceptors (Lipinski definition) is 1. The minimum Gasteiger partial charge on any atom is -0.335 e. The Balaban J connectivity index is 1.79. The summed E-state index contributed by atoms with van der Waals surface area (Å²) in [6, 6.07) is 19.0. The topological polar surface area (TPSA) is 3.24 Å². The van der Waals surface area contributed by atoms with Crippen molar-refractivity contribution in [1.82, 2.24) is 0 Å². The molecule has 0 radical (unpaired) electrons. The van der Waals surface area contributed by atoms with Crippen molar-refractivity contribution < 1.29 is 0 Å². The molecule has 90 valence electrons. The van der Waals surface area contributed by atoms with E-state index in [4.69, 9.17) is 12.2 Å². The second-order valence-electron chi connectivity index (χ2n) is 4.59. The molecule has 2 heteroatoms. The van der Waals surface area contributed by atoms with Gasteiger partial charge >= 0.3 is 0 Å². The summed E-state index contributed by atoms with van der Waals surface area (Å²) in [7, 11) is 0. The van der Waals surface area contributed by atoms with Crippen LogP contribution in [0.3, 0.4) is 0 Å². The van der Waals surface area contributed by atoms with Gasteiger partial charge in [0.15, 0.2) is 0 Å². The molecule has 0 N–H and O–H groups in total. The largest absolute Gasteiger partial charge is 0.335 e. The van der Waals surface area contributed by atoms with Crippen molar-refractivity contribution in [2.24, 2.45) is 0 Å². The van der Waals surface area contributed by atoms with Crippen LogP contribution in [0.15, 0.2) is 54.6 Å². The van der Waals surface area contributed by atoms with Gasteiger partial charge in [-0.1, -0.05) is 60.7 Å². The Morgan fingerprint density at radius 3 is 2.56 bits per heavy atom. The van der Waals surface area contributed by atoms with Gasteiger partial charge in [-0.2, -0.15) is 0 Å². The fourth-order valence-electron chi connectivity index (χ4n) is 2.46. The lowest BCUT2D eigenvalue weighted by Gasteiger charge is -2.20. The molecular weight excluding hydrogens is 238 g/mol. The van der Waals surface area contributed by atoms with Crippen molar-refractivity contribution in [3.8, 4) is 0 Å². The van der Waals surface area contributed by atoms with Crippen LogP contribution >= 0.6 is 12.2 Å². The number of rotatable bonds is 2. The van der Waals surface area contributed by atoms with Crippen LogP contribution in [0.25, 0.3) is 0 Å². The second kappa shape index (κ2) is 4.91. The van der Waals surface area contributed by atoms with Gasteiger partial charge in [-0.3, -0.25) is 0 Å². The van der Waals surface area contributed by atoms with Crippen LogP contribution in [0.2, 0.25) is 0 Å². The molecule has 0 amide bonds. The van der Waals surface area contributed by atoms with Gasteiger partial charge in [-0.15, -0.1) is 0 Å². The molecule has 0 fully saturated rings. The van der Waals surface area contributed by atoms with Crippen LogP contribution in [-0.4, -0.2) is 11.5 Å². The van der Waals surface area contributed by atoms with Gasteiger partial charge in [-0.25, -0.2) is 0 Å².